The number of para-hydroxylation sites is 1. The number of rotatable bonds is 5. The predicted octanol–water partition coefficient (Wildman–Crippen LogP) is 2.81. The Labute approximate surface area is 143 Å². The molecule has 1 aliphatic rings. The van der Waals surface area contributed by atoms with Gasteiger partial charge < -0.3 is 10.0 Å². The second kappa shape index (κ2) is 7.49. The molecule has 0 radical (unpaired) electrons. The third kappa shape index (κ3) is 3.77. The van der Waals surface area contributed by atoms with Crippen molar-refractivity contribution >= 4 is 11.7 Å². The number of nitrogens with zero attached hydrogens (tertiary/aromatic N) is 2. The van der Waals surface area contributed by atoms with Gasteiger partial charge in [0.1, 0.15) is 6.04 Å². The molecule has 1 N–H and O–H groups in total. The number of carboxylic acid groups (broad SMARTS) is 1. The molecule has 2 aromatic carbocycles. The molecule has 0 saturated carbocycles. The Balaban J connectivity index is 1.66. The van der Waals surface area contributed by atoms with E-state index in [9.17, 15) is 9.90 Å². The van der Waals surface area contributed by atoms with Crippen molar-refractivity contribution in [2.75, 3.05) is 31.1 Å². The highest BCUT2D eigenvalue weighted by molar-refractivity contribution is 5.74. The van der Waals surface area contributed by atoms with Gasteiger partial charge in [0.25, 0.3) is 0 Å². The summed E-state index contributed by atoms with van der Waals surface area (Å²) >= 11 is 0. The second-order valence-electron chi connectivity index (χ2n) is 6.34. The summed E-state index contributed by atoms with van der Waals surface area (Å²) in [5.41, 5.74) is 3.49. The number of anilines is 1. The van der Waals surface area contributed by atoms with Crippen LogP contribution < -0.4 is 4.90 Å². The van der Waals surface area contributed by atoms with Crippen LogP contribution in [0.15, 0.2) is 54.6 Å². The van der Waals surface area contributed by atoms with Crippen molar-refractivity contribution in [3.8, 4) is 0 Å². The average molecular weight is 324 g/mol. The number of piperazine rings is 1. The van der Waals surface area contributed by atoms with Gasteiger partial charge in [-0.2, -0.15) is 0 Å². The summed E-state index contributed by atoms with van der Waals surface area (Å²) in [4.78, 5) is 16.2. The summed E-state index contributed by atoms with van der Waals surface area (Å²) in [5.74, 6) is -0.730. The van der Waals surface area contributed by atoms with Gasteiger partial charge in [-0.15, -0.1) is 0 Å². The van der Waals surface area contributed by atoms with E-state index in [1.165, 1.54) is 5.69 Å². The standard InChI is InChI=1S/C20H24N2O2/c1-16-7-5-6-8-17(16)15-19(20(23)24)22-13-11-21(12-14-22)18-9-3-2-4-10-18/h2-10,19H,11-15H2,1H3,(H,23,24)/t19-/m1/s1. The van der Waals surface area contributed by atoms with Gasteiger partial charge in [0.15, 0.2) is 0 Å². The Bertz CT molecular complexity index is 679. The van der Waals surface area contributed by atoms with E-state index >= 15 is 0 Å². The van der Waals surface area contributed by atoms with Crippen LogP contribution in [0, 0.1) is 6.92 Å². The van der Waals surface area contributed by atoms with Crippen molar-refractivity contribution in [2.45, 2.75) is 19.4 Å². The first-order valence-corrected chi connectivity index (χ1v) is 8.46. The monoisotopic (exact) mass is 324 g/mol. The molecule has 1 atom stereocenters. The lowest BCUT2D eigenvalue weighted by molar-refractivity contribution is -0.143. The van der Waals surface area contributed by atoms with E-state index in [1.807, 2.05) is 49.4 Å². The Hall–Kier alpha value is -2.33. The van der Waals surface area contributed by atoms with Crippen LogP contribution in [-0.2, 0) is 11.2 Å². The predicted molar refractivity (Wildman–Crippen MR) is 96.5 cm³/mol. The lowest BCUT2D eigenvalue weighted by Crippen LogP contribution is -2.53. The normalized spacial score (nSPS) is 16.8. The molecule has 0 aliphatic carbocycles. The van der Waals surface area contributed by atoms with Crippen LogP contribution in [0.1, 0.15) is 11.1 Å². The van der Waals surface area contributed by atoms with Crippen molar-refractivity contribution in [3.05, 3.63) is 65.7 Å². The SMILES string of the molecule is Cc1ccccc1C[C@H](C(=O)O)N1CCN(c2ccccc2)CC1. The maximum atomic E-state index is 11.8. The Kier molecular flexibility index (Phi) is 5.16. The zero-order valence-electron chi connectivity index (χ0n) is 14.1. The van der Waals surface area contributed by atoms with Crippen molar-refractivity contribution in [1.29, 1.82) is 0 Å². The van der Waals surface area contributed by atoms with E-state index in [0.717, 1.165) is 37.3 Å². The zero-order chi connectivity index (χ0) is 16.9. The van der Waals surface area contributed by atoms with E-state index in [4.69, 9.17) is 0 Å². The Morgan fingerprint density at radius 1 is 1.00 bits per heavy atom. The Morgan fingerprint density at radius 2 is 1.62 bits per heavy atom. The van der Waals surface area contributed by atoms with E-state index < -0.39 is 12.0 Å². The lowest BCUT2D eigenvalue weighted by Gasteiger charge is -2.39. The Morgan fingerprint density at radius 3 is 2.25 bits per heavy atom. The molecular formula is C20H24N2O2. The molecule has 126 valence electrons. The van der Waals surface area contributed by atoms with Gasteiger partial charge in [0, 0.05) is 31.9 Å². The maximum Gasteiger partial charge on any atom is 0.321 e. The minimum absolute atomic E-state index is 0.455. The molecule has 2 aromatic rings. The zero-order valence-corrected chi connectivity index (χ0v) is 14.1. The van der Waals surface area contributed by atoms with Crippen LogP contribution in [0.5, 0.6) is 0 Å². The minimum Gasteiger partial charge on any atom is -0.480 e. The van der Waals surface area contributed by atoms with Gasteiger partial charge in [-0.05, 0) is 36.6 Å². The first-order valence-electron chi connectivity index (χ1n) is 8.46. The van der Waals surface area contributed by atoms with Crippen LogP contribution in [-0.4, -0.2) is 48.2 Å². The average Bonchev–Trinajstić information content (AvgIpc) is 2.62. The molecule has 1 heterocycles. The van der Waals surface area contributed by atoms with Gasteiger partial charge in [-0.25, -0.2) is 0 Å². The van der Waals surface area contributed by atoms with E-state index in [2.05, 4.69) is 21.9 Å². The number of carboxylic acids is 1. The second-order valence-corrected chi connectivity index (χ2v) is 6.34. The molecule has 0 bridgehead atoms. The molecule has 4 nitrogen and oxygen atoms in total. The van der Waals surface area contributed by atoms with E-state index in [-0.39, 0.29) is 0 Å². The van der Waals surface area contributed by atoms with Crippen LogP contribution in [0.25, 0.3) is 0 Å². The number of aliphatic carboxylic acids is 1. The smallest absolute Gasteiger partial charge is 0.321 e. The molecule has 0 spiro atoms. The third-order valence-electron chi connectivity index (χ3n) is 4.84. The summed E-state index contributed by atoms with van der Waals surface area (Å²) in [6.45, 7) is 5.32. The highest BCUT2D eigenvalue weighted by Crippen LogP contribution is 2.19. The third-order valence-corrected chi connectivity index (χ3v) is 4.84. The molecule has 0 aromatic heterocycles. The van der Waals surface area contributed by atoms with Gasteiger partial charge in [0.05, 0.1) is 0 Å². The van der Waals surface area contributed by atoms with Gasteiger partial charge in [0.2, 0.25) is 0 Å². The van der Waals surface area contributed by atoms with Crippen molar-refractivity contribution < 1.29 is 9.90 Å². The first kappa shape index (κ1) is 16.5. The fourth-order valence-corrected chi connectivity index (χ4v) is 3.35. The van der Waals surface area contributed by atoms with E-state index in [0.29, 0.717) is 6.42 Å². The van der Waals surface area contributed by atoms with Gasteiger partial charge in [-0.3, -0.25) is 9.69 Å². The van der Waals surface area contributed by atoms with Crippen molar-refractivity contribution in [2.24, 2.45) is 0 Å². The molecule has 0 unspecified atom stereocenters. The molecule has 1 saturated heterocycles. The molecular weight excluding hydrogens is 300 g/mol. The van der Waals surface area contributed by atoms with Crippen molar-refractivity contribution in [3.63, 3.8) is 0 Å². The molecule has 0 amide bonds. The minimum atomic E-state index is -0.730. The van der Waals surface area contributed by atoms with Crippen LogP contribution in [0.3, 0.4) is 0 Å². The summed E-state index contributed by atoms with van der Waals surface area (Å²) in [6.07, 6.45) is 0.563. The van der Waals surface area contributed by atoms with Crippen LogP contribution in [0.2, 0.25) is 0 Å². The molecule has 24 heavy (non-hydrogen) atoms. The topological polar surface area (TPSA) is 43.8 Å². The quantitative estimate of drug-likeness (QED) is 0.918. The summed E-state index contributed by atoms with van der Waals surface area (Å²) < 4.78 is 0. The highest BCUT2D eigenvalue weighted by atomic mass is 16.4. The van der Waals surface area contributed by atoms with Crippen LogP contribution in [0.4, 0.5) is 5.69 Å². The summed E-state index contributed by atoms with van der Waals surface area (Å²) in [7, 11) is 0. The number of carbonyl (C=O) groups is 1. The molecule has 3 rings (SSSR count). The summed E-state index contributed by atoms with van der Waals surface area (Å²) in [6, 6.07) is 17.9. The number of aryl methyl sites for hydroxylation is 1. The molecule has 4 heteroatoms. The largest absolute Gasteiger partial charge is 0.480 e. The van der Waals surface area contributed by atoms with Gasteiger partial charge in [-0.1, -0.05) is 42.5 Å². The summed E-state index contributed by atoms with van der Waals surface area (Å²) in [5, 5.41) is 9.71. The molecule has 1 aliphatic heterocycles. The fraction of sp³-hybridized carbons (Fsp3) is 0.350. The molecule has 1 fully saturated rings. The van der Waals surface area contributed by atoms with Gasteiger partial charge >= 0.3 is 5.97 Å². The number of hydrogen-bond donors (Lipinski definition) is 1. The maximum absolute atomic E-state index is 11.8. The highest BCUT2D eigenvalue weighted by Gasteiger charge is 2.29. The van der Waals surface area contributed by atoms with Crippen molar-refractivity contribution in [1.82, 2.24) is 4.90 Å². The number of benzene rings is 2. The van der Waals surface area contributed by atoms with E-state index in [1.54, 1.807) is 0 Å². The number of hydrogen-bond acceptors (Lipinski definition) is 3. The lowest BCUT2D eigenvalue weighted by atomic mass is 9.99. The van der Waals surface area contributed by atoms with Crippen LogP contribution >= 0.6 is 0 Å². The fourth-order valence-electron chi connectivity index (χ4n) is 3.35. The first-order chi connectivity index (χ1) is 11.6.